The van der Waals surface area contributed by atoms with Gasteiger partial charge in [-0.15, -0.1) is 0 Å². The van der Waals surface area contributed by atoms with Crippen molar-refractivity contribution in [2.45, 2.75) is 33.2 Å². The first-order valence-corrected chi connectivity index (χ1v) is 5.95. The maximum atomic E-state index is 13.4. The van der Waals surface area contributed by atoms with E-state index < -0.39 is 40.7 Å². The molecule has 0 spiro atoms. The van der Waals surface area contributed by atoms with Gasteiger partial charge in [0.25, 0.3) is 5.91 Å². The number of aliphatic carboxylic acids is 1. The zero-order valence-electron chi connectivity index (χ0n) is 11.4. The summed E-state index contributed by atoms with van der Waals surface area (Å²) in [6, 6.07) is 0.317. The normalized spacial score (nSPS) is 12.8. The van der Waals surface area contributed by atoms with Gasteiger partial charge in [-0.25, -0.2) is 9.37 Å². The first kappa shape index (κ1) is 16.0. The summed E-state index contributed by atoms with van der Waals surface area (Å²) in [5.74, 6) is -4.69. The van der Waals surface area contributed by atoms with Crippen molar-refractivity contribution in [2.24, 2.45) is 5.41 Å². The van der Waals surface area contributed by atoms with E-state index in [0.29, 0.717) is 0 Å². The fourth-order valence-electron chi connectivity index (χ4n) is 1.58. The van der Waals surface area contributed by atoms with Gasteiger partial charge in [0.1, 0.15) is 0 Å². The van der Waals surface area contributed by atoms with Gasteiger partial charge in [-0.05, 0) is 11.5 Å². The number of carboxylic acid groups (broad SMARTS) is 1. The lowest BCUT2D eigenvalue weighted by Gasteiger charge is -2.30. The average Bonchev–Trinajstić information content (AvgIpc) is 2.30. The van der Waals surface area contributed by atoms with E-state index in [-0.39, 0.29) is 6.42 Å². The molecule has 7 heteroatoms. The summed E-state index contributed by atoms with van der Waals surface area (Å²) in [4.78, 5) is 25.8. The van der Waals surface area contributed by atoms with Gasteiger partial charge in [0.15, 0.2) is 5.82 Å². The molecule has 1 aromatic rings. The van der Waals surface area contributed by atoms with E-state index >= 15 is 0 Å². The summed E-state index contributed by atoms with van der Waals surface area (Å²) >= 11 is 0. The summed E-state index contributed by atoms with van der Waals surface area (Å²) in [5, 5.41) is 11.3. The second-order valence-corrected chi connectivity index (χ2v) is 5.45. The van der Waals surface area contributed by atoms with Gasteiger partial charge >= 0.3 is 5.97 Å². The van der Waals surface area contributed by atoms with Gasteiger partial charge < -0.3 is 10.4 Å². The molecule has 1 atom stereocenters. The number of carbonyl (C=O) groups excluding carboxylic acids is 1. The number of aromatic nitrogens is 1. The predicted octanol–water partition coefficient (Wildman–Crippen LogP) is 1.98. The van der Waals surface area contributed by atoms with Crippen LogP contribution in [0.1, 0.15) is 37.6 Å². The molecule has 0 aliphatic rings. The first-order chi connectivity index (χ1) is 9.12. The number of nitrogens with one attached hydrogen (secondary N) is 1. The van der Waals surface area contributed by atoms with E-state index in [1.54, 1.807) is 20.8 Å². The predicted molar refractivity (Wildman–Crippen MR) is 67.1 cm³/mol. The maximum Gasteiger partial charge on any atom is 0.305 e. The topological polar surface area (TPSA) is 79.3 Å². The van der Waals surface area contributed by atoms with Crippen molar-refractivity contribution >= 4 is 11.9 Å². The molecule has 1 unspecified atom stereocenters. The second kappa shape index (κ2) is 5.94. The third-order valence-electron chi connectivity index (χ3n) is 2.82. The zero-order valence-corrected chi connectivity index (χ0v) is 11.4. The Morgan fingerprint density at radius 3 is 2.50 bits per heavy atom. The summed E-state index contributed by atoms with van der Waals surface area (Å²) in [7, 11) is 0. The van der Waals surface area contributed by atoms with E-state index in [2.05, 4.69) is 10.3 Å². The molecule has 0 radical (unpaired) electrons. The number of nitrogens with zero attached hydrogens (tertiary/aromatic N) is 1. The van der Waals surface area contributed by atoms with Crippen LogP contribution < -0.4 is 5.32 Å². The average molecular weight is 286 g/mol. The summed E-state index contributed by atoms with van der Waals surface area (Å²) < 4.78 is 26.4. The zero-order chi connectivity index (χ0) is 15.5. The molecule has 110 valence electrons. The number of carboxylic acids is 1. The van der Waals surface area contributed by atoms with Crippen molar-refractivity contribution in [3.05, 3.63) is 29.6 Å². The highest BCUT2D eigenvalue weighted by Gasteiger charge is 2.29. The number of carbonyl (C=O) groups is 2. The molecule has 0 saturated heterocycles. The Bertz CT molecular complexity index is 527. The molecular formula is C13H16F2N2O3. The van der Waals surface area contributed by atoms with Crippen LogP contribution in [0.25, 0.3) is 0 Å². The molecule has 1 rings (SSSR count). The monoisotopic (exact) mass is 286 g/mol. The lowest BCUT2D eigenvalue weighted by Crippen LogP contribution is -2.45. The molecule has 2 N–H and O–H groups in total. The number of hydrogen-bond acceptors (Lipinski definition) is 3. The molecular weight excluding hydrogens is 270 g/mol. The summed E-state index contributed by atoms with van der Waals surface area (Å²) in [5.41, 5.74) is -1.05. The maximum absolute atomic E-state index is 13.4. The number of amides is 1. The Hall–Kier alpha value is -2.05. The van der Waals surface area contributed by atoms with Crippen molar-refractivity contribution < 1.29 is 23.5 Å². The lowest BCUT2D eigenvalue weighted by atomic mass is 9.84. The minimum atomic E-state index is -1.37. The molecule has 0 saturated carbocycles. The van der Waals surface area contributed by atoms with E-state index in [1.165, 1.54) is 0 Å². The Morgan fingerprint density at radius 2 is 2.00 bits per heavy atom. The fourth-order valence-corrected chi connectivity index (χ4v) is 1.58. The highest BCUT2D eigenvalue weighted by atomic mass is 19.2. The summed E-state index contributed by atoms with van der Waals surface area (Å²) in [6.45, 7) is 5.22. The SMILES string of the molecule is CC(C)(C)C(CC(=O)O)NC(=O)c1ccnc(F)c1F. The minimum Gasteiger partial charge on any atom is -0.481 e. The number of pyridine rings is 1. The molecule has 1 heterocycles. The van der Waals surface area contributed by atoms with Crippen molar-refractivity contribution in [1.29, 1.82) is 0 Å². The third-order valence-corrected chi connectivity index (χ3v) is 2.82. The highest BCUT2D eigenvalue weighted by molar-refractivity contribution is 5.94. The van der Waals surface area contributed by atoms with Crippen LogP contribution in [0.5, 0.6) is 0 Å². The molecule has 20 heavy (non-hydrogen) atoms. The van der Waals surface area contributed by atoms with Crippen LogP contribution in [0.4, 0.5) is 8.78 Å². The van der Waals surface area contributed by atoms with Gasteiger partial charge in [0.2, 0.25) is 5.95 Å². The van der Waals surface area contributed by atoms with Crippen LogP contribution in [-0.4, -0.2) is 28.0 Å². The Morgan fingerprint density at radius 1 is 1.40 bits per heavy atom. The van der Waals surface area contributed by atoms with E-state index in [9.17, 15) is 18.4 Å². The van der Waals surface area contributed by atoms with Gasteiger partial charge in [0, 0.05) is 12.2 Å². The molecule has 1 amide bonds. The lowest BCUT2D eigenvalue weighted by molar-refractivity contribution is -0.138. The second-order valence-electron chi connectivity index (χ2n) is 5.45. The Balaban J connectivity index is 2.96. The molecule has 0 aromatic carbocycles. The van der Waals surface area contributed by atoms with Crippen LogP contribution in [0.15, 0.2) is 12.3 Å². The number of rotatable bonds is 4. The van der Waals surface area contributed by atoms with Gasteiger partial charge in [-0.2, -0.15) is 4.39 Å². The Kier molecular flexibility index (Phi) is 4.75. The van der Waals surface area contributed by atoms with Crippen molar-refractivity contribution in [3.8, 4) is 0 Å². The van der Waals surface area contributed by atoms with Crippen LogP contribution in [0.2, 0.25) is 0 Å². The molecule has 0 bridgehead atoms. The standard InChI is InChI=1S/C13H16F2N2O3/c1-13(2,3)8(6-9(18)19)17-12(20)7-4-5-16-11(15)10(7)14/h4-5,8H,6H2,1-3H3,(H,17,20)(H,18,19). The quantitative estimate of drug-likeness (QED) is 0.829. The van der Waals surface area contributed by atoms with Crippen molar-refractivity contribution in [2.75, 3.05) is 0 Å². The van der Waals surface area contributed by atoms with Crippen LogP contribution >= 0.6 is 0 Å². The number of hydrogen-bond donors (Lipinski definition) is 2. The largest absolute Gasteiger partial charge is 0.481 e. The number of halogens is 2. The van der Waals surface area contributed by atoms with Gasteiger partial charge in [-0.1, -0.05) is 20.8 Å². The van der Waals surface area contributed by atoms with Crippen LogP contribution in [-0.2, 0) is 4.79 Å². The van der Waals surface area contributed by atoms with E-state index in [0.717, 1.165) is 12.3 Å². The van der Waals surface area contributed by atoms with Crippen LogP contribution in [0.3, 0.4) is 0 Å². The first-order valence-electron chi connectivity index (χ1n) is 5.95. The fraction of sp³-hybridized carbons (Fsp3) is 0.462. The van der Waals surface area contributed by atoms with Gasteiger partial charge in [0.05, 0.1) is 12.0 Å². The molecule has 1 aromatic heterocycles. The van der Waals surface area contributed by atoms with Crippen LogP contribution in [0, 0.1) is 17.2 Å². The smallest absolute Gasteiger partial charge is 0.305 e. The van der Waals surface area contributed by atoms with E-state index in [1.807, 2.05) is 0 Å². The minimum absolute atomic E-state index is 0.315. The van der Waals surface area contributed by atoms with Gasteiger partial charge in [-0.3, -0.25) is 9.59 Å². The summed E-state index contributed by atoms with van der Waals surface area (Å²) in [6.07, 6.45) is 0.654. The molecule has 0 aliphatic carbocycles. The molecule has 5 nitrogen and oxygen atoms in total. The van der Waals surface area contributed by atoms with E-state index in [4.69, 9.17) is 5.11 Å². The molecule has 0 fully saturated rings. The highest BCUT2D eigenvalue weighted by Crippen LogP contribution is 2.22. The van der Waals surface area contributed by atoms with Crippen molar-refractivity contribution in [1.82, 2.24) is 10.3 Å². The van der Waals surface area contributed by atoms with Crippen molar-refractivity contribution in [3.63, 3.8) is 0 Å². The Labute approximate surface area is 115 Å². The third kappa shape index (κ3) is 3.97. The molecule has 0 aliphatic heterocycles.